The Balaban J connectivity index is 2.24. The van der Waals surface area contributed by atoms with Crippen molar-refractivity contribution in [2.24, 2.45) is 11.3 Å². The second-order valence-electron chi connectivity index (χ2n) is 6.34. The van der Waals surface area contributed by atoms with Crippen LogP contribution in [0.1, 0.15) is 27.2 Å². The van der Waals surface area contributed by atoms with Crippen LogP contribution in [0.5, 0.6) is 5.75 Å². The summed E-state index contributed by atoms with van der Waals surface area (Å²) in [6.07, 6.45) is 1.09. The highest BCUT2D eigenvalue weighted by atomic mass is 19.1. The maximum atomic E-state index is 14.1. The molecule has 2 N–H and O–H groups in total. The van der Waals surface area contributed by atoms with Gasteiger partial charge in [0.05, 0.1) is 18.5 Å². The van der Waals surface area contributed by atoms with Gasteiger partial charge in [0, 0.05) is 25.2 Å². The summed E-state index contributed by atoms with van der Waals surface area (Å²) in [5.74, 6) is 0.846. The highest BCUT2D eigenvalue weighted by Gasteiger charge is 2.32. The molecule has 0 saturated carbocycles. The molecule has 4 heteroatoms. The number of rotatable bonds is 2. The Morgan fingerprint density at radius 3 is 2.58 bits per heavy atom. The molecule has 1 atom stereocenters. The number of benzene rings is 1. The number of ether oxygens (including phenoxy) is 1. The molecule has 0 aliphatic carbocycles. The first kappa shape index (κ1) is 14.0. The van der Waals surface area contributed by atoms with Gasteiger partial charge in [0.15, 0.2) is 0 Å². The Kier molecular flexibility index (Phi) is 3.61. The molecule has 0 radical (unpaired) electrons. The molecule has 0 amide bonds. The first-order valence-electron chi connectivity index (χ1n) is 6.71. The lowest BCUT2D eigenvalue weighted by atomic mass is 9.80. The third kappa shape index (κ3) is 2.77. The average molecular weight is 266 g/mol. The van der Waals surface area contributed by atoms with E-state index in [4.69, 9.17) is 10.5 Å². The molecular weight excluding hydrogens is 243 g/mol. The van der Waals surface area contributed by atoms with Gasteiger partial charge in [0.2, 0.25) is 0 Å². The van der Waals surface area contributed by atoms with E-state index in [-0.39, 0.29) is 11.2 Å². The minimum Gasteiger partial charge on any atom is -0.495 e. The minimum atomic E-state index is -0.271. The van der Waals surface area contributed by atoms with Crippen molar-refractivity contribution in [3.05, 3.63) is 17.9 Å². The third-order valence-corrected chi connectivity index (χ3v) is 4.05. The van der Waals surface area contributed by atoms with Crippen molar-refractivity contribution in [3.63, 3.8) is 0 Å². The SMILES string of the molecule is COc1cc(N2CCC(C(C)(C)C)C2)c(F)cc1N. The standard InChI is InChI=1S/C15H23FN2O/c1-15(2,3)10-5-6-18(9-10)13-8-14(19-4)12(17)7-11(13)16/h7-8,10H,5-6,9,17H2,1-4H3. The fourth-order valence-corrected chi connectivity index (χ4v) is 2.66. The second kappa shape index (κ2) is 4.91. The van der Waals surface area contributed by atoms with Crippen LogP contribution in [0.2, 0.25) is 0 Å². The van der Waals surface area contributed by atoms with Crippen LogP contribution in [0.15, 0.2) is 12.1 Å². The number of halogens is 1. The third-order valence-electron chi connectivity index (χ3n) is 4.05. The predicted molar refractivity (Wildman–Crippen MR) is 77.1 cm³/mol. The van der Waals surface area contributed by atoms with Crippen LogP contribution < -0.4 is 15.4 Å². The molecule has 0 spiro atoms. The zero-order chi connectivity index (χ0) is 14.2. The molecule has 1 aromatic carbocycles. The molecule has 1 fully saturated rings. The number of nitrogen functional groups attached to an aromatic ring is 1. The molecule has 0 bridgehead atoms. The Morgan fingerprint density at radius 2 is 2.05 bits per heavy atom. The number of hydrogen-bond donors (Lipinski definition) is 1. The quantitative estimate of drug-likeness (QED) is 0.835. The van der Waals surface area contributed by atoms with Crippen LogP contribution in [0.4, 0.5) is 15.8 Å². The van der Waals surface area contributed by atoms with E-state index in [0.717, 1.165) is 19.5 Å². The molecule has 1 aliphatic rings. The minimum absolute atomic E-state index is 0.253. The molecule has 1 aromatic rings. The van der Waals surface area contributed by atoms with Crippen molar-refractivity contribution >= 4 is 11.4 Å². The first-order chi connectivity index (χ1) is 8.82. The van der Waals surface area contributed by atoms with E-state index in [1.807, 2.05) is 0 Å². The van der Waals surface area contributed by atoms with Crippen molar-refractivity contribution in [1.29, 1.82) is 0 Å². The van der Waals surface area contributed by atoms with E-state index in [2.05, 4.69) is 25.7 Å². The molecule has 1 aliphatic heterocycles. The van der Waals surface area contributed by atoms with Gasteiger partial charge < -0.3 is 15.4 Å². The Labute approximate surface area is 114 Å². The summed E-state index contributed by atoms with van der Waals surface area (Å²) in [6.45, 7) is 8.47. The van der Waals surface area contributed by atoms with Gasteiger partial charge in [0.25, 0.3) is 0 Å². The van der Waals surface area contributed by atoms with E-state index < -0.39 is 0 Å². The van der Waals surface area contributed by atoms with E-state index in [9.17, 15) is 4.39 Å². The van der Waals surface area contributed by atoms with E-state index in [1.165, 1.54) is 6.07 Å². The first-order valence-corrected chi connectivity index (χ1v) is 6.71. The van der Waals surface area contributed by atoms with Crippen molar-refractivity contribution in [2.75, 3.05) is 30.8 Å². The Bertz CT molecular complexity index is 468. The highest BCUT2D eigenvalue weighted by molar-refractivity contribution is 5.63. The number of nitrogens with two attached hydrogens (primary N) is 1. The molecular formula is C15H23FN2O. The van der Waals surface area contributed by atoms with Crippen LogP contribution in [-0.2, 0) is 0 Å². The molecule has 1 heterocycles. The number of methoxy groups -OCH3 is 1. The number of hydrogen-bond acceptors (Lipinski definition) is 3. The fraction of sp³-hybridized carbons (Fsp3) is 0.600. The maximum Gasteiger partial charge on any atom is 0.148 e. The summed E-state index contributed by atoms with van der Waals surface area (Å²) in [5.41, 5.74) is 6.90. The molecule has 1 saturated heterocycles. The van der Waals surface area contributed by atoms with Crippen molar-refractivity contribution in [3.8, 4) is 5.75 Å². The van der Waals surface area contributed by atoms with Gasteiger partial charge in [-0.15, -0.1) is 0 Å². The molecule has 106 valence electrons. The summed E-state index contributed by atoms with van der Waals surface area (Å²) < 4.78 is 19.2. The zero-order valence-electron chi connectivity index (χ0n) is 12.2. The highest BCUT2D eigenvalue weighted by Crippen LogP contribution is 2.38. The lowest BCUT2D eigenvalue weighted by Gasteiger charge is -2.27. The lowest BCUT2D eigenvalue weighted by Crippen LogP contribution is -2.26. The Hall–Kier alpha value is -1.45. The monoisotopic (exact) mass is 266 g/mol. The molecule has 19 heavy (non-hydrogen) atoms. The predicted octanol–water partition coefficient (Wildman–Crippen LogP) is 3.29. The van der Waals surface area contributed by atoms with Crippen molar-refractivity contribution in [2.45, 2.75) is 27.2 Å². The van der Waals surface area contributed by atoms with Gasteiger partial charge >= 0.3 is 0 Å². The molecule has 3 nitrogen and oxygen atoms in total. The number of nitrogens with zero attached hydrogens (tertiary/aromatic N) is 1. The summed E-state index contributed by atoms with van der Waals surface area (Å²) in [5, 5.41) is 0. The zero-order valence-corrected chi connectivity index (χ0v) is 12.2. The molecule has 2 rings (SSSR count). The topological polar surface area (TPSA) is 38.5 Å². The van der Waals surface area contributed by atoms with E-state index in [1.54, 1.807) is 13.2 Å². The Morgan fingerprint density at radius 1 is 1.37 bits per heavy atom. The van der Waals surface area contributed by atoms with E-state index in [0.29, 0.717) is 23.0 Å². The van der Waals surface area contributed by atoms with Crippen LogP contribution in [-0.4, -0.2) is 20.2 Å². The number of anilines is 2. The maximum absolute atomic E-state index is 14.1. The van der Waals surface area contributed by atoms with Crippen molar-refractivity contribution < 1.29 is 9.13 Å². The van der Waals surface area contributed by atoms with Gasteiger partial charge in [-0.2, -0.15) is 0 Å². The van der Waals surface area contributed by atoms with Crippen LogP contribution in [0.3, 0.4) is 0 Å². The van der Waals surface area contributed by atoms with Crippen LogP contribution >= 0.6 is 0 Å². The normalized spacial score (nSPS) is 19.8. The van der Waals surface area contributed by atoms with Gasteiger partial charge in [-0.05, 0) is 17.8 Å². The van der Waals surface area contributed by atoms with Gasteiger partial charge in [-0.1, -0.05) is 20.8 Å². The summed E-state index contributed by atoms with van der Waals surface area (Å²) in [6, 6.07) is 3.05. The van der Waals surface area contributed by atoms with Crippen LogP contribution in [0, 0.1) is 17.2 Å². The summed E-state index contributed by atoms with van der Waals surface area (Å²) >= 11 is 0. The summed E-state index contributed by atoms with van der Waals surface area (Å²) in [4.78, 5) is 2.09. The molecule has 1 unspecified atom stereocenters. The largest absolute Gasteiger partial charge is 0.495 e. The molecule has 0 aromatic heterocycles. The second-order valence-corrected chi connectivity index (χ2v) is 6.34. The fourth-order valence-electron chi connectivity index (χ4n) is 2.66. The van der Waals surface area contributed by atoms with Crippen LogP contribution in [0.25, 0.3) is 0 Å². The van der Waals surface area contributed by atoms with E-state index >= 15 is 0 Å². The summed E-state index contributed by atoms with van der Waals surface area (Å²) in [7, 11) is 1.55. The van der Waals surface area contributed by atoms with Gasteiger partial charge in [-0.25, -0.2) is 4.39 Å². The van der Waals surface area contributed by atoms with Crippen molar-refractivity contribution in [1.82, 2.24) is 0 Å². The van der Waals surface area contributed by atoms with Gasteiger partial charge in [-0.3, -0.25) is 0 Å². The van der Waals surface area contributed by atoms with Gasteiger partial charge in [0.1, 0.15) is 11.6 Å². The smallest absolute Gasteiger partial charge is 0.148 e. The average Bonchev–Trinajstić information content (AvgIpc) is 2.78. The lowest BCUT2D eigenvalue weighted by molar-refractivity contribution is 0.263.